The Balaban J connectivity index is 1.53. The second kappa shape index (κ2) is 12.6. The van der Waals surface area contributed by atoms with Gasteiger partial charge in [-0.3, -0.25) is 10.0 Å². The van der Waals surface area contributed by atoms with Gasteiger partial charge in [-0.25, -0.2) is 18.2 Å². The van der Waals surface area contributed by atoms with Crippen molar-refractivity contribution in [2.45, 2.75) is 46.3 Å². The van der Waals surface area contributed by atoms with E-state index in [9.17, 15) is 18.3 Å². The van der Waals surface area contributed by atoms with Crippen LogP contribution in [0.25, 0.3) is 0 Å². The number of benzene rings is 1. The summed E-state index contributed by atoms with van der Waals surface area (Å²) in [6, 6.07) is 8.96. The number of aromatic nitrogens is 3. The van der Waals surface area contributed by atoms with Gasteiger partial charge in [0, 0.05) is 31.4 Å². The number of carbonyl (C=O) groups is 1. The fourth-order valence-corrected chi connectivity index (χ4v) is 5.40. The van der Waals surface area contributed by atoms with E-state index in [0.29, 0.717) is 71.4 Å². The predicted molar refractivity (Wildman–Crippen MR) is 152 cm³/mol. The van der Waals surface area contributed by atoms with Crippen molar-refractivity contribution in [3.8, 4) is 0 Å². The number of hydrogen-bond donors (Lipinski definition) is 4. The van der Waals surface area contributed by atoms with Gasteiger partial charge >= 0.3 is 5.97 Å². The number of ether oxygens (including phenoxy) is 1. The zero-order valence-electron chi connectivity index (χ0n) is 22.1. The van der Waals surface area contributed by atoms with Gasteiger partial charge < -0.3 is 20.1 Å². The Labute approximate surface area is 231 Å². The molecule has 1 aliphatic rings. The first-order valence-corrected chi connectivity index (χ1v) is 15.2. The minimum Gasteiger partial charge on any atom is -0.462 e. The van der Waals surface area contributed by atoms with E-state index in [-0.39, 0.29) is 18.5 Å². The zero-order chi connectivity index (χ0) is 28.0. The Morgan fingerprint density at radius 1 is 1.15 bits per heavy atom. The van der Waals surface area contributed by atoms with Crippen LogP contribution in [-0.2, 0) is 21.3 Å². The molecule has 0 saturated carbocycles. The largest absolute Gasteiger partial charge is 0.462 e. The molecule has 3 heterocycles. The molecule has 3 aromatic rings. The van der Waals surface area contributed by atoms with E-state index in [1.54, 1.807) is 32.9 Å². The van der Waals surface area contributed by atoms with E-state index in [1.807, 2.05) is 18.2 Å². The first kappa shape index (κ1) is 28.5. The second-order valence-corrected chi connectivity index (χ2v) is 12.0. The van der Waals surface area contributed by atoms with E-state index < -0.39 is 16.0 Å². The van der Waals surface area contributed by atoms with Crippen LogP contribution in [0.3, 0.4) is 0 Å². The van der Waals surface area contributed by atoms with Gasteiger partial charge in [0.2, 0.25) is 16.0 Å². The van der Waals surface area contributed by atoms with Crippen LogP contribution in [0.5, 0.6) is 0 Å². The molecule has 2 aromatic heterocycles. The molecule has 1 saturated heterocycles. The smallest absolute Gasteiger partial charge is 0.350 e. The van der Waals surface area contributed by atoms with Crippen molar-refractivity contribution in [2.24, 2.45) is 0 Å². The van der Waals surface area contributed by atoms with Crippen LogP contribution in [0.1, 0.15) is 47.6 Å². The summed E-state index contributed by atoms with van der Waals surface area (Å²) < 4.78 is 31.2. The third kappa shape index (κ3) is 7.77. The fraction of sp³-hybridized carbons (Fsp3) is 0.440. The van der Waals surface area contributed by atoms with Crippen LogP contribution in [0.2, 0.25) is 0 Å². The summed E-state index contributed by atoms with van der Waals surface area (Å²) in [7, 11) is -3.34. The van der Waals surface area contributed by atoms with Gasteiger partial charge in [0.1, 0.15) is 16.5 Å². The van der Waals surface area contributed by atoms with Crippen molar-refractivity contribution in [3.05, 3.63) is 46.5 Å². The molecule has 0 radical (unpaired) electrons. The Hall–Kier alpha value is -3.49. The number of aliphatic hydroxyl groups is 1. The number of hydrogen-bond acceptors (Lipinski definition) is 12. The lowest BCUT2D eigenvalue weighted by molar-refractivity contribution is 0.0531. The molecule has 4 rings (SSSR count). The highest BCUT2D eigenvalue weighted by atomic mass is 32.2. The van der Waals surface area contributed by atoms with E-state index in [1.165, 1.54) is 11.3 Å². The second-order valence-electron chi connectivity index (χ2n) is 8.99. The summed E-state index contributed by atoms with van der Waals surface area (Å²) in [5.41, 5.74) is 2.00. The maximum absolute atomic E-state index is 12.2. The van der Waals surface area contributed by atoms with E-state index >= 15 is 0 Å². The highest BCUT2D eigenvalue weighted by Gasteiger charge is 2.21. The number of piperidine rings is 1. The number of aliphatic hydroxyl groups excluding tert-OH is 1. The summed E-state index contributed by atoms with van der Waals surface area (Å²) in [5, 5.41) is 16.8. The van der Waals surface area contributed by atoms with Gasteiger partial charge in [-0.05, 0) is 51.3 Å². The molecule has 0 atom stereocenters. The van der Waals surface area contributed by atoms with Gasteiger partial charge in [0.15, 0.2) is 5.13 Å². The third-order valence-electron chi connectivity index (χ3n) is 6.06. The molecule has 0 bridgehead atoms. The standard InChI is InChI=1S/C25H33N7O5S2/c1-4-37-23(34)22-16(3)27-25(38-22)30-24-28-20(14-21(29-24)32-12-10-19(33)11-13-32)26-15-17-6-8-18(9-7-17)31-39(35,36)5-2/h6-9,14,19,31,33H,4-5,10-13,15H2,1-3H3,(H2,26,27,28,29,30). The van der Waals surface area contributed by atoms with Crippen LogP contribution in [0, 0.1) is 6.92 Å². The highest BCUT2D eigenvalue weighted by Crippen LogP contribution is 2.28. The minimum absolute atomic E-state index is 0.00337. The van der Waals surface area contributed by atoms with Crippen molar-refractivity contribution in [3.63, 3.8) is 0 Å². The number of sulfonamides is 1. The fourth-order valence-electron chi connectivity index (χ4n) is 3.90. The molecule has 14 heteroatoms. The lowest BCUT2D eigenvalue weighted by Gasteiger charge is -2.30. The van der Waals surface area contributed by atoms with Gasteiger partial charge in [0.25, 0.3) is 0 Å². The molecule has 0 unspecified atom stereocenters. The lowest BCUT2D eigenvalue weighted by Crippen LogP contribution is -2.36. The maximum Gasteiger partial charge on any atom is 0.350 e. The minimum atomic E-state index is -3.34. The number of thiazole rings is 1. The number of anilines is 5. The van der Waals surface area contributed by atoms with Crippen molar-refractivity contribution in [1.82, 2.24) is 15.0 Å². The van der Waals surface area contributed by atoms with Crippen molar-refractivity contribution in [1.29, 1.82) is 0 Å². The molecule has 0 aliphatic carbocycles. The SMILES string of the molecule is CCOC(=O)c1sc(Nc2nc(NCc3ccc(NS(=O)(=O)CC)cc3)cc(N3CCC(O)CC3)n2)nc1C. The van der Waals surface area contributed by atoms with E-state index in [2.05, 4.69) is 35.2 Å². The first-order valence-electron chi connectivity index (χ1n) is 12.7. The van der Waals surface area contributed by atoms with E-state index in [4.69, 9.17) is 4.74 Å². The van der Waals surface area contributed by atoms with Crippen LogP contribution in [-0.4, -0.2) is 66.0 Å². The molecule has 1 aromatic carbocycles. The summed E-state index contributed by atoms with van der Waals surface area (Å²) in [6.45, 7) is 7.13. The van der Waals surface area contributed by atoms with Gasteiger partial charge in [-0.1, -0.05) is 23.5 Å². The molecular weight excluding hydrogens is 542 g/mol. The monoisotopic (exact) mass is 575 g/mol. The number of nitrogens with zero attached hydrogens (tertiary/aromatic N) is 4. The quantitative estimate of drug-likeness (QED) is 0.248. The van der Waals surface area contributed by atoms with Crippen molar-refractivity contribution in [2.75, 3.05) is 45.7 Å². The number of nitrogens with one attached hydrogen (secondary N) is 3. The topological polar surface area (TPSA) is 159 Å². The third-order valence-corrected chi connectivity index (χ3v) is 8.42. The highest BCUT2D eigenvalue weighted by molar-refractivity contribution is 7.92. The maximum atomic E-state index is 12.2. The van der Waals surface area contributed by atoms with Gasteiger partial charge in [-0.2, -0.15) is 9.97 Å². The molecule has 1 fully saturated rings. The predicted octanol–water partition coefficient (Wildman–Crippen LogP) is 3.50. The Bertz CT molecular complexity index is 1390. The number of rotatable bonds is 11. The van der Waals surface area contributed by atoms with Gasteiger partial charge in [0.05, 0.1) is 24.2 Å². The Kier molecular flexibility index (Phi) is 9.20. The average molecular weight is 576 g/mol. The normalized spacial score (nSPS) is 14.2. The number of carbonyl (C=O) groups excluding carboxylic acids is 1. The summed E-state index contributed by atoms with van der Waals surface area (Å²) in [5.74, 6) is 1.17. The molecule has 0 spiro atoms. The number of aryl methyl sites for hydroxylation is 1. The van der Waals surface area contributed by atoms with Crippen LogP contribution in [0.4, 0.5) is 28.4 Å². The Morgan fingerprint density at radius 2 is 1.87 bits per heavy atom. The molecule has 39 heavy (non-hydrogen) atoms. The van der Waals surface area contributed by atoms with Crippen LogP contribution in [0.15, 0.2) is 30.3 Å². The molecule has 1 aliphatic heterocycles. The summed E-state index contributed by atoms with van der Waals surface area (Å²) in [6.07, 6.45) is 0.985. The molecule has 12 nitrogen and oxygen atoms in total. The van der Waals surface area contributed by atoms with Crippen molar-refractivity contribution >= 4 is 55.7 Å². The Morgan fingerprint density at radius 3 is 2.54 bits per heavy atom. The van der Waals surface area contributed by atoms with Crippen molar-refractivity contribution < 1.29 is 23.1 Å². The summed E-state index contributed by atoms with van der Waals surface area (Å²) in [4.78, 5) is 28.4. The van der Waals surface area contributed by atoms with Crippen LogP contribution < -0.4 is 20.3 Å². The number of esters is 1. The summed E-state index contributed by atoms with van der Waals surface area (Å²) >= 11 is 1.17. The van der Waals surface area contributed by atoms with E-state index in [0.717, 1.165) is 5.56 Å². The molecule has 0 amide bonds. The zero-order valence-corrected chi connectivity index (χ0v) is 23.7. The molecule has 210 valence electrons. The van der Waals surface area contributed by atoms with Gasteiger partial charge in [-0.15, -0.1) is 0 Å². The molecule has 4 N–H and O–H groups in total. The first-order chi connectivity index (χ1) is 18.7. The average Bonchev–Trinajstić information content (AvgIpc) is 3.28. The lowest BCUT2D eigenvalue weighted by atomic mass is 10.1. The van der Waals surface area contributed by atoms with Crippen LogP contribution >= 0.6 is 11.3 Å². The molecular formula is C25H33N7O5S2.